The SMILES string of the molecule is Cc1ccc(CS(C)(=O)=NCc2cn3ccc(-c4noc(C(F)(F)Cl)n4)cc3n2)cc1. The van der Waals surface area contributed by atoms with Crippen LogP contribution in [-0.2, 0) is 27.4 Å². The Labute approximate surface area is 182 Å². The Bertz CT molecular complexity index is 1350. The van der Waals surface area contributed by atoms with Gasteiger partial charge < -0.3 is 8.92 Å². The summed E-state index contributed by atoms with van der Waals surface area (Å²) in [6.07, 6.45) is 5.07. The molecule has 0 radical (unpaired) electrons. The molecule has 0 saturated carbocycles. The van der Waals surface area contributed by atoms with Gasteiger partial charge in [-0.15, -0.1) is 0 Å². The van der Waals surface area contributed by atoms with Crippen molar-refractivity contribution in [1.82, 2.24) is 19.5 Å². The van der Waals surface area contributed by atoms with Gasteiger partial charge in [0.2, 0.25) is 5.82 Å². The minimum atomic E-state index is -3.73. The highest BCUT2D eigenvalue weighted by Crippen LogP contribution is 2.32. The van der Waals surface area contributed by atoms with E-state index in [1.807, 2.05) is 31.2 Å². The first-order valence-electron chi connectivity index (χ1n) is 9.19. The van der Waals surface area contributed by atoms with Crippen molar-refractivity contribution < 1.29 is 17.5 Å². The van der Waals surface area contributed by atoms with Crippen LogP contribution in [0.4, 0.5) is 8.78 Å². The monoisotopic (exact) mass is 465 g/mol. The Morgan fingerprint density at radius 3 is 2.65 bits per heavy atom. The molecule has 0 N–H and O–H groups in total. The topological polar surface area (TPSA) is 85.7 Å². The lowest BCUT2D eigenvalue weighted by Crippen LogP contribution is -2.03. The molecule has 0 aliphatic rings. The van der Waals surface area contributed by atoms with Crippen LogP contribution in [0.5, 0.6) is 0 Å². The number of pyridine rings is 1. The van der Waals surface area contributed by atoms with Crippen LogP contribution in [0.3, 0.4) is 0 Å². The molecule has 0 amide bonds. The Hall–Kier alpha value is -2.85. The molecule has 7 nitrogen and oxygen atoms in total. The second kappa shape index (κ2) is 8.01. The average molecular weight is 466 g/mol. The van der Waals surface area contributed by atoms with E-state index in [0.29, 0.717) is 22.7 Å². The lowest BCUT2D eigenvalue weighted by atomic mass is 10.2. The minimum absolute atomic E-state index is 0.0262. The maximum absolute atomic E-state index is 13.1. The van der Waals surface area contributed by atoms with E-state index in [1.165, 1.54) is 0 Å². The molecule has 4 rings (SSSR count). The highest BCUT2D eigenvalue weighted by Gasteiger charge is 2.35. The van der Waals surface area contributed by atoms with Crippen molar-refractivity contribution >= 4 is 27.0 Å². The zero-order chi connectivity index (χ0) is 22.2. The molecular formula is C20H18ClF2N5O2S. The molecule has 0 fully saturated rings. The summed E-state index contributed by atoms with van der Waals surface area (Å²) in [6.45, 7) is 2.18. The summed E-state index contributed by atoms with van der Waals surface area (Å²) in [6, 6.07) is 11.1. The number of aryl methyl sites for hydroxylation is 1. The number of halogens is 3. The van der Waals surface area contributed by atoms with E-state index >= 15 is 0 Å². The van der Waals surface area contributed by atoms with Crippen LogP contribution in [0.2, 0.25) is 0 Å². The van der Waals surface area contributed by atoms with Crippen molar-refractivity contribution in [3.8, 4) is 11.4 Å². The van der Waals surface area contributed by atoms with Gasteiger partial charge in [-0.2, -0.15) is 13.8 Å². The van der Waals surface area contributed by atoms with Gasteiger partial charge >= 0.3 is 11.3 Å². The van der Waals surface area contributed by atoms with Gasteiger partial charge in [-0.25, -0.2) is 13.6 Å². The number of nitrogens with zero attached hydrogens (tertiary/aromatic N) is 5. The van der Waals surface area contributed by atoms with Gasteiger partial charge in [0, 0.05) is 33.9 Å². The van der Waals surface area contributed by atoms with Crippen LogP contribution >= 0.6 is 11.6 Å². The fraction of sp³-hybridized carbons (Fsp3) is 0.250. The van der Waals surface area contributed by atoms with Crippen LogP contribution in [0.15, 0.2) is 57.7 Å². The zero-order valence-corrected chi connectivity index (χ0v) is 18.2. The lowest BCUT2D eigenvalue weighted by Gasteiger charge is -2.04. The maximum atomic E-state index is 13.1. The largest absolute Gasteiger partial charge is 0.400 e. The molecule has 31 heavy (non-hydrogen) atoms. The third-order valence-electron chi connectivity index (χ3n) is 4.49. The Morgan fingerprint density at radius 2 is 1.97 bits per heavy atom. The smallest absolute Gasteiger partial charge is 0.331 e. The number of benzene rings is 1. The van der Waals surface area contributed by atoms with E-state index in [1.54, 1.807) is 35.2 Å². The molecule has 0 saturated heterocycles. The van der Waals surface area contributed by atoms with E-state index in [0.717, 1.165) is 11.1 Å². The van der Waals surface area contributed by atoms with Gasteiger partial charge in [-0.1, -0.05) is 35.0 Å². The van der Waals surface area contributed by atoms with E-state index in [4.69, 9.17) is 11.6 Å². The Balaban J connectivity index is 1.54. The van der Waals surface area contributed by atoms with Crippen LogP contribution in [0.25, 0.3) is 17.0 Å². The van der Waals surface area contributed by atoms with Gasteiger partial charge in [0.25, 0.3) is 0 Å². The Kier molecular flexibility index (Phi) is 5.52. The molecule has 1 aromatic carbocycles. The number of hydrogen-bond donors (Lipinski definition) is 0. The van der Waals surface area contributed by atoms with Crippen molar-refractivity contribution in [3.05, 3.63) is 71.5 Å². The first-order valence-corrected chi connectivity index (χ1v) is 11.7. The summed E-state index contributed by atoms with van der Waals surface area (Å²) in [7, 11) is -2.44. The van der Waals surface area contributed by atoms with E-state index < -0.39 is 21.0 Å². The number of rotatable bonds is 6. The zero-order valence-electron chi connectivity index (χ0n) is 16.6. The second-order valence-electron chi connectivity index (χ2n) is 7.21. The molecular weight excluding hydrogens is 448 g/mol. The molecule has 0 spiro atoms. The van der Waals surface area contributed by atoms with Crippen LogP contribution < -0.4 is 0 Å². The quantitative estimate of drug-likeness (QED) is 0.382. The van der Waals surface area contributed by atoms with Crippen molar-refractivity contribution in [1.29, 1.82) is 0 Å². The molecule has 1 unspecified atom stereocenters. The number of fused-ring (bicyclic) bond motifs is 1. The van der Waals surface area contributed by atoms with Gasteiger partial charge in [-0.05, 0) is 36.2 Å². The van der Waals surface area contributed by atoms with E-state index in [9.17, 15) is 13.0 Å². The van der Waals surface area contributed by atoms with Gasteiger partial charge in [0.1, 0.15) is 5.65 Å². The lowest BCUT2D eigenvalue weighted by molar-refractivity contribution is 0.0551. The number of imidazole rings is 1. The third kappa shape index (κ3) is 5.08. The summed E-state index contributed by atoms with van der Waals surface area (Å²) in [5.74, 6) is -0.643. The molecule has 162 valence electrons. The van der Waals surface area contributed by atoms with Gasteiger partial charge in [0.05, 0.1) is 18.0 Å². The van der Waals surface area contributed by atoms with Crippen LogP contribution in [0, 0.1) is 6.92 Å². The highest BCUT2D eigenvalue weighted by atomic mass is 35.5. The van der Waals surface area contributed by atoms with Crippen molar-refractivity contribution in [2.75, 3.05) is 6.26 Å². The summed E-state index contributed by atoms with van der Waals surface area (Å²) in [4.78, 5) is 8.09. The van der Waals surface area contributed by atoms with Crippen LogP contribution in [-0.4, -0.2) is 30.0 Å². The summed E-state index contributed by atoms with van der Waals surface area (Å²) >= 11 is 4.91. The number of hydrogen-bond acceptors (Lipinski definition) is 6. The average Bonchev–Trinajstić information content (AvgIpc) is 3.34. The summed E-state index contributed by atoms with van der Waals surface area (Å²) in [5.41, 5.74) is 3.70. The molecule has 4 aromatic rings. The first-order chi connectivity index (χ1) is 14.6. The van der Waals surface area contributed by atoms with Crippen molar-refractivity contribution in [2.45, 2.75) is 24.6 Å². The third-order valence-corrected chi connectivity index (χ3v) is 6.20. The molecule has 11 heteroatoms. The molecule has 1 atom stereocenters. The van der Waals surface area contributed by atoms with E-state index in [-0.39, 0.29) is 12.4 Å². The van der Waals surface area contributed by atoms with Gasteiger partial charge in [0.15, 0.2) is 0 Å². The van der Waals surface area contributed by atoms with E-state index in [2.05, 4.69) is 24.0 Å². The standard InChI is InChI=1S/C20H18ClF2N5O2S/c1-13-3-5-14(6-4-13)12-31(2,29)24-10-16-11-28-8-7-15(9-17(28)25-16)18-26-19(30-27-18)20(21,22)23/h3-9,11H,10,12H2,1-2H3. The second-order valence-corrected chi connectivity index (χ2v) is 10.2. The molecule has 0 aliphatic carbocycles. The number of alkyl halides is 3. The van der Waals surface area contributed by atoms with Gasteiger partial charge in [-0.3, -0.25) is 0 Å². The fourth-order valence-electron chi connectivity index (χ4n) is 2.95. The molecule has 0 aliphatic heterocycles. The normalized spacial score (nSPS) is 14.0. The predicted molar refractivity (Wildman–Crippen MR) is 113 cm³/mol. The molecule has 3 heterocycles. The number of aromatic nitrogens is 4. The molecule has 3 aromatic heterocycles. The van der Waals surface area contributed by atoms with Crippen molar-refractivity contribution in [2.24, 2.45) is 4.36 Å². The van der Waals surface area contributed by atoms with Crippen LogP contribution in [0.1, 0.15) is 22.7 Å². The maximum Gasteiger partial charge on any atom is 0.400 e. The Morgan fingerprint density at radius 1 is 1.23 bits per heavy atom. The first kappa shape index (κ1) is 21.4. The summed E-state index contributed by atoms with van der Waals surface area (Å²) in [5, 5.41) is -0.197. The fourth-order valence-corrected chi connectivity index (χ4v) is 4.33. The predicted octanol–water partition coefficient (Wildman–Crippen LogP) is 4.78. The highest BCUT2D eigenvalue weighted by molar-refractivity contribution is 7.92. The molecule has 0 bridgehead atoms. The van der Waals surface area contributed by atoms with Crippen molar-refractivity contribution in [3.63, 3.8) is 0 Å². The minimum Gasteiger partial charge on any atom is -0.331 e. The summed E-state index contributed by atoms with van der Waals surface area (Å²) < 4.78 is 49.7.